The number of azo groups is 1. The van der Waals surface area contributed by atoms with Gasteiger partial charge in [-0.1, -0.05) is 12.2 Å². The Morgan fingerprint density at radius 1 is 1.44 bits per heavy atom. The summed E-state index contributed by atoms with van der Waals surface area (Å²) in [6, 6.07) is 0.537. The predicted octanol–water partition coefficient (Wildman–Crippen LogP) is 1.79. The SMILES string of the molecule is C1=CC2CN=NC2CC1. The first kappa shape index (κ1) is 5.15. The lowest BCUT2D eigenvalue weighted by Gasteiger charge is -2.14. The lowest BCUT2D eigenvalue weighted by atomic mass is 9.92. The minimum Gasteiger partial charge on any atom is -0.193 e. The normalized spacial score (nSPS) is 39.1. The Bertz CT molecular complexity index is 160. The van der Waals surface area contributed by atoms with Crippen molar-refractivity contribution in [3.8, 4) is 0 Å². The molecule has 0 radical (unpaired) electrons. The van der Waals surface area contributed by atoms with Crippen LogP contribution in [0.25, 0.3) is 0 Å². The predicted molar refractivity (Wildman–Crippen MR) is 35.4 cm³/mol. The molecule has 0 aromatic carbocycles. The van der Waals surface area contributed by atoms with E-state index in [0.717, 1.165) is 6.54 Å². The zero-order chi connectivity index (χ0) is 6.10. The monoisotopic (exact) mass is 122 g/mol. The number of fused-ring (bicyclic) bond motifs is 1. The van der Waals surface area contributed by atoms with Crippen LogP contribution in [0.1, 0.15) is 12.8 Å². The molecular weight excluding hydrogens is 112 g/mol. The van der Waals surface area contributed by atoms with Gasteiger partial charge in [0.05, 0.1) is 12.6 Å². The van der Waals surface area contributed by atoms with Crippen LogP contribution in [-0.4, -0.2) is 12.6 Å². The topological polar surface area (TPSA) is 24.7 Å². The van der Waals surface area contributed by atoms with Gasteiger partial charge in [-0.3, -0.25) is 0 Å². The number of nitrogens with zero attached hydrogens (tertiary/aromatic N) is 2. The first-order valence-electron chi connectivity index (χ1n) is 3.50. The Balaban J connectivity index is 2.16. The van der Waals surface area contributed by atoms with Crippen molar-refractivity contribution >= 4 is 0 Å². The van der Waals surface area contributed by atoms with Crippen molar-refractivity contribution in [1.29, 1.82) is 0 Å². The van der Waals surface area contributed by atoms with Gasteiger partial charge in [0.1, 0.15) is 0 Å². The van der Waals surface area contributed by atoms with E-state index in [1.165, 1.54) is 12.8 Å². The average Bonchev–Trinajstić information content (AvgIpc) is 2.33. The third kappa shape index (κ3) is 0.784. The standard InChI is InChI=1S/C7H10N2/c1-2-4-7-6(3-1)5-8-9-7/h1,3,6-7H,2,4-5H2. The summed E-state index contributed by atoms with van der Waals surface area (Å²) in [5.74, 6) is 0.652. The number of hydrogen-bond donors (Lipinski definition) is 0. The summed E-state index contributed by atoms with van der Waals surface area (Å²) in [4.78, 5) is 0. The second kappa shape index (κ2) is 1.94. The molecule has 2 aliphatic rings. The Kier molecular flexibility index (Phi) is 1.11. The van der Waals surface area contributed by atoms with Crippen LogP contribution in [0.15, 0.2) is 22.4 Å². The van der Waals surface area contributed by atoms with E-state index >= 15 is 0 Å². The van der Waals surface area contributed by atoms with Crippen molar-refractivity contribution in [2.75, 3.05) is 6.54 Å². The lowest BCUT2D eigenvalue weighted by Crippen LogP contribution is -2.16. The minimum absolute atomic E-state index is 0.537. The molecule has 2 heteroatoms. The van der Waals surface area contributed by atoms with Crippen LogP contribution in [-0.2, 0) is 0 Å². The zero-order valence-electron chi connectivity index (χ0n) is 5.33. The van der Waals surface area contributed by atoms with Gasteiger partial charge >= 0.3 is 0 Å². The first-order valence-corrected chi connectivity index (χ1v) is 3.50. The molecule has 2 atom stereocenters. The zero-order valence-corrected chi connectivity index (χ0v) is 5.33. The van der Waals surface area contributed by atoms with Gasteiger partial charge in [-0.25, -0.2) is 0 Å². The summed E-state index contributed by atoms with van der Waals surface area (Å²) in [5.41, 5.74) is 0. The number of rotatable bonds is 0. The molecule has 0 aromatic heterocycles. The molecule has 0 amide bonds. The second-order valence-corrected chi connectivity index (χ2v) is 2.68. The van der Waals surface area contributed by atoms with E-state index in [0.29, 0.717) is 12.0 Å². The van der Waals surface area contributed by atoms with Gasteiger partial charge in [0.2, 0.25) is 0 Å². The van der Waals surface area contributed by atoms with E-state index in [-0.39, 0.29) is 0 Å². The Morgan fingerprint density at radius 2 is 2.44 bits per heavy atom. The van der Waals surface area contributed by atoms with Gasteiger partial charge in [-0.05, 0) is 12.8 Å². The number of hydrogen-bond acceptors (Lipinski definition) is 2. The van der Waals surface area contributed by atoms with Gasteiger partial charge < -0.3 is 0 Å². The maximum Gasteiger partial charge on any atom is 0.0792 e. The highest BCUT2D eigenvalue weighted by Gasteiger charge is 2.24. The molecule has 0 spiro atoms. The Morgan fingerprint density at radius 3 is 3.33 bits per heavy atom. The van der Waals surface area contributed by atoms with Crippen LogP contribution in [0.2, 0.25) is 0 Å². The van der Waals surface area contributed by atoms with Crippen molar-refractivity contribution in [2.24, 2.45) is 16.1 Å². The van der Waals surface area contributed by atoms with E-state index in [1.54, 1.807) is 0 Å². The van der Waals surface area contributed by atoms with Crippen LogP contribution in [0, 0.1) is 5.92 Å². The van der Waals surface area contributed by atoms with Gasteiger partial charge in [-0.15, -0.1) is 0 Å². The summed E-state index contributed by atoms with van der Waals surface area (Å²) < 4.78 is 0. The summed E-state index contributed by atoms with van der Waals surface area (Å²) in [7, 11) is 0. The third-order valence-electron chi connectivity index (χ3n) is 2.03. The van der Waals surface area contributed by atoms with E-state index in [1.807, 2.05) is 0 Å². The molecule has 0 bridgehead atoms. The highest BCUT2D eigenvalue weighted by molar-refractivity contribution is 5.02. The minimum atomic E-state index is 0.537. The van der Waals surface area contributed by atoms with E-state index in [9.17, 15) is 0 Å². The van der Waals surface area contributed by atoms with E-state index in [2.05, 4.69) is 22.4 Å². The lowest BCUT2D eigenvalue weighted by molar-refractivity contribution is 0.515. The van der Waals surface area contributed by atoms with Crippen LogP contribution >= 0.6 is 0 Å². The second-order valence-electron chi connectivity index (χ2n) is 2.68. The van der Waals surface area contributed by atoms with E-state index in [4.69, 9.17) is 0 Å². The highest BCUT2D eigenvalue weighted by atomic mass is 15.2. The molecule has 9 heavy (non-hydrogen) atoms. The van der Waals surface area contributed by atoms with Crippen molar-refractivity contribution < 1.29 is 0 Å². The summed E-state index contributed by atoms with van der Waals surface area (Å²) in [6.07, 6.45) is 6.91. The molecule has 2 nitrogen and oxygen atoms in total. The molecule has 0 N–H and O–H groups in total. The molecular formula is C7H10N2. The average molecular weight is 122 g/mol. The quantitative estimate of drug-likeness (QED) is 0.437. The van der Waals surface area contributed by atoms with Gasteiger partial charge in [-0.2, -0.15) is 10.2 Å². The van der Waals surface area contributed by atoms with Crippen molar-refractivity contribution in [3.05, 3.63) is 12.2 Å². The van der Waals surface area contributed by atoms with Crippen LogP contribution in [0.5, 0.6) is 0 Å². The Labute approximate surface area is 54.7 Å². The maximum atomic E-state index is 4.13. The van der Waals surface area contributed by atoms with Crippen molar-refractivity contribution in [3.63, 3.8) is 0 Å². The molecule has 1 aliphatic heterocycles. The first-order chi connectivity index (χ1) is 4.47. The van der Waals surface area contributed by atoms with Crippen molar-refractivity contribution in [1.82, 2.24) is 0 Å². The van der Waals surface area contributed by atoms with Gasteiger partial charge in [0.15, 0.2) is 0 Å². The van der Waals surface area contributed by atoms with Gasteiger partial charge in [0.25, 0.3) is 0 Å². The summed E-state index contributed by atoms with van der Waals surface area (Å²) in [6.45, 7) is 0.932. The highest BCUT2D eigenvalue weighted by Crippen LogP contribution is 2.25. The molecule has 2 unspecified atom stereocenters. The molecule has 1 heterocycles. The summed E-state index contributed by atoms with van der Waals surface area (Å²) in [5, 5.41) is 8.13. The molecule has 0 saturated heterocycles. The fraction of sp³-hybridized carbons (Fsp3) is 0.714. The van der Waals surface area contributed by atoms with Crippen LogP contribution in [0.4, 0.5) is 0 Å². The maximum absolute atomic E-state index is 4.13. The number of allylic oxidation sites excluding steroid dienone is 1. The molecule has 0 fully saturated rings. The van der Waals surface area contributed by atoms with Gasteiger partial charge in [0, 0.05) is 5.92 Å². The van der Waals surface area contributed by atoms with E-state index < -0.39 is 0 Å². The summed E-state index contributed by atoms with van der Waals surface area (Å²) >= 11 is 0. The fourth-order valence-electron chi connectivity index (χ4n) is 1.45. The molecule has 48 valence electrons. The molecule has 2 rings (SSSR count). The Hall–Kier alpha value is -0.660. The smallest absolute Gasteiger partial charge is 0.0792 e. The third-order valence-corrected chi connectivity index (χ3v) is 2.03. The van der Waals surface area contributed by atoms with Crippen LogP contribution in [0.3, 0.4) is 0 Å². The molecule has 1 aliphatic carbocycles. The largest absolute Gasteiger partial charge is 0.193 e. The van der Waals surface area contributed by atoms with Crippen LogP contribution < -0.4 is 0 Å². The van der Waals surface area contributed by atoms with Crippen molar-refractivity contribution in [2.45, 2.75) is 18.9 Å². The molecule has 0 aromatic rings. The fourth-order valence-corrected chi connectivity index (χ4v) is 1.45. The molecule has 0 saturated carbocycles.